The summed E-state index contributed by atoms with van der Waals surface area (Å²) in [5.41, 5.74) is 0. The summed E-state index contributed by atoms with van der Waals surface area (Å²) in [6.45, 7) is 6.49. The van der Waals surface area contributed by atoms with Crippen LogP contribution in [-0.4, -0.2) is 37.2 Å². The van der Waals surface area contributed by atoms with Crippen LogP contribution in [0.15, 0.2) is 85.1 Å². The Bertz CT molecular complexity index is 1500. The van der Waals surface area contributed by atoms with Crippen molar-refractivity contribution in [2.75, 3.05) is 13.2 Å². The van der Waals surface area contributed by atoms with Gasteiger partial charge in [-0.15, -0.1) is 0 Å². The molecule has 0 rings (SSSR count). The summed E-state index contributed by atoms with van der Waals surface area (Å²) in [6, 6.07) is 0. The molecule has 0 radical (unpaired) electrons. The lowest BCUT2D eigenvalue weighted by molar-refractivity contribution is -0.167. The minimum absolute atomic E-state index is 0.0825. The van der Waals surface area contributed by atoms with Crippen LogP contribution in [0.3, 0.4) is 0 Å². The highest BCUT2D eigenvalue weighted by Gasteiger charge is 2.19. The second kappa shape index (κ2) is 67.1. The quantitative estimate of drug-likeness (QED) is 0.0261. The molecule has 0 spiro atoms. The summed E-state index contributed by atoms with van der Waals surface area (Å²) in [5, 5.41) is 0. The average molecular weight is 1100 g/mol. The van der Waals surface area contributed by atoms with Gasteiger partial charge >= 0.3 is 17.9 Å². The van der Waals surface area contributed by atoms with E-state index in [9.17, 15) is 14.4 Å². The molecule has 0 saturated heterocycles. The van der Waals surface area contributed by atoms with E-state index in [0.717, 1.165) is 122 Å². The fourth-order valence-electron chi connectivity index (χ4n) is 9.80. The molecular weight excluding hydrogens is 973 g/mol. The van der Waals surface area contributed by atoms with Crippen LogP contribution in [0.2, 0.25) is 0 Å². The Morgan fingerprint density at radius 1 is 0.266 bits per heavy atom. The first-order valence-electron chi connectivity index (χ1n) is 34.1. The average Bonchev–Trinajstić information content (AvgIpc) is 3.45. The lowest BCUT2D eigenvalue weighted by Gasteiger charge is -2.18. The highest BCUT2D eigenvalue weighted by molar-refractivity contribution is 5.71. The summed E-state index contributed by atoms with van der Waals surface area (Å²) in [6.07, 6.45) is 89.0. The number of esters is 3. The van der Waals surface area contributed by atoms with Crippen molar-refractivity contribution in [3.63, 3.8) is 0 Å². The molecular formula is C73H128O6. The molecule has 79 heavy (non-hydrogen) atoms. The molecule has 0 N–H and O–H groups in total. The smallest absolute Gasteiger partial charge is 0.306 e. The highest BCUT2D eigenvalue weighted by Crippen LogP contribution is 2.18. The summed E-state index contributed by atoms with van der Waals surface area (Å²) in [4.78, 5) is 38.3. The fourth-order valence-corrected chi connectivity index (χ4v) is 9.80. The van der Waals surface area contributed by atoms with Crippen molar-refractivity contribution >= 4 is 17.9 Å². The summed E-state index contributed by atoms with van der Waals surface area (Å²) in [7, 11) is 0. The van der Waals surface area contributed by atoms with Crippen LogP contribution in [0.1, 0.15) is 342 Å². The number of carbonyl (C=O) groups is 3. The first kappa shape index (κ1) is 75.6. The van der Waals surface area contributed by atoms with Gasteiger partial charge in [-0.3, -0.25) is 14.4 Å². The molecule has 0 aromatic heterocycles. The first-order valence-corrected chi connectivity index (χ1v) is 34.1. The molecule has 0 aromatic rings. The van der Waals surface area contributed by atoms with Crippen LogP contribution in [0.4, 0.5) is 0 Å². The minimum Gasteiger partial charge on any atom is -0.462 e. The topological polar surface area (TPSA) is 78.9 Å². The molecule has 0 aliphatic rings. The number of hydrogen-bond acceptors (Lipinski definition) is 6. The highest BCUT2D eigenvalue weighted by atomic mass is 16.6. The van der Waals surface area contributed by atoms with Crippen molar-refractivity contribution in [1.29, 1.82) is 0 Å². The van der Waals surface area contributed by atoms with E-state index in [1.165, 1.54) is 180 Å². The minimum atomic E-state index is -0.788. The predicted molar refractivity (Wildman–Crippen MR) is 344 cm³/mol. The van der Waals surface area contributed by atoms with Gasteiger partial charge in [0, 0.05) is 19.3 Å². The molecule has 0 fully saturated rings. The predicted octanol–water partition coefficient (Wildman–Crippen LogP) is 23.4. The van der Waals surface area contributed by atoms with Gasteiger partial charge in [-0.05, 0) is 89.9 Å². The van der Waals surface area contributed by atoms with Gasteiger partial charge in [-0.1, -0.05) is 318 Å². The maximum absolute atomic E-state index is 12.9. The summed E-state index contributed by atoms with van der Waals surface area (Å²) >= 11 is 0. The van der Waals surface area contributed by atoms with Crippen molar-refractivity contribution in [2.45, 2.75) is 348 Å². The maximum Gasteiger partial charge on any atom is 0.306 e. The van der Waals surface area contributed by atoms with Gasteiger partial charge in [0.2, 0.25) is 0 Å². The van der Waals surface area contributed by atoms with Gasteiger partial charge in [0.25, 0.3) is 0 Å². The molecule has 0 aromatic carbocycles. The molecule has 0 heterocycles. The molecule has 0 amide bonds. The standard InChI is InChI=1S/C73H128O6/c1-4-7-10-13-16-19-22-24-26-28-30-32-34-36-38-39-41-43-45-47-49-51-54-57-60-63-66-72(75)78-69-70(68-77-71(74)65-62-59-56-53-21-18-15-12-9-6-3)79-73(76)67-64-61-58-55-52-50-48-46-44-42-40-37-35-33-31-29-27-25-23-20-17-14-11-8-5-2/h8,11-12,15,17,20,25,27,31,33,37,40,44,46,70H,4-7,9-10,13-14,16,18-19,21-24,26,28-30,32,34-36,38-39,41-43,45,47-69H2,1-3H3/b11-8-,15-12-,20-17-,27-25-,33-31-,40-37-,46-44-. The van der Waals surface area contributed by atoms with Crippen molar-refractivity contribution in [3.8, 4) is 0 Å². The van der Waals surface area contributed by atoms with Crippen molar-refractivity contribution < 1.29 is 28.6 Å². The van der Waals surface area contributed by atoms with Crippen LogP contribution < -0.4 is 0 Å². The Balaban J connectivity index is 4.22. The largest absolute Gasteiger partial charge is 0.462 e. The lowest BCUT2D eigenvalue weighted by Crippen LogP contribution is -2.30. The van der Waals surface area contributed by atoms with Crippen LogP contribution in [0, 0.1) is 0 Å². The fraction of sp³-hybridized carbons (Fsp3) is 0.767. The molecule has 0 saturated carbocycles. The van der Waals surface area contributed by atoms with Crippen LogP contribution >= 0.6 is 0 Å². The number of hydrogen-bond donors (Lipinski definition) is 0. The third kappa shape index (κ3) is 65.3. The molecule has 0 aliphatic carbocycles. The monoisotopic (exact) mass is 1100 g/mol. The zero-order valence-corrected chi connectivity index (χ0v) is 52.4. The van der Waals surface area contributed by atoms with E-state index >= 15 is 0 Å². The van der Waals surface area contributed by atoms with Gasteiger partial charge in [-0.25, -0.2) is 0 Å². The van der Waals surface area contributed by atoms with E-state index in [2.05, 4.69) is 106 Å². The number of ether oxygens (including phenoxy) is 3. The maximum atomic E-state index is 12.9. The van der Waals surface area contributed by atoms with E-state index in [4.69, 9.17) is 14.2 Å². The molecule has 456 valence electrons. The van der Waals surface area contributed by atoms with E-state index in [1.807, 2.05) is 0 Å². The Kier molecular flexibility index (Phi) is 64.2. The van der Waals surface area contributed by atoms with E-state index in [1.54, 1.807) is 0 Å². The molecule has 0 bridgehead atoms. The second-order valence-electron chi connectivity index (χ2n) is 22.7. The molecule has 6 nitrogen and oxygen atoms in total. The Hall–Kier alpha value is -3.41. The summed E-state index contributed by atoms with van der Waals surface area (Å²) < 4.78 is 16.9. The van der Waals surface area contributed by atoms with Crippen molar-refractivity contribution in [3.05, 3.63) is 85.1 Å². The summed E-state index contributed by atoms with van der Waals surface area (Å²) in [5.74, 6) is -0.894. The Morgan fingerprint density at radius 3 is 0.835 bits per heavy atom. The van der Waals surface area contributed by atoms with E-state index < -0.39 is 6.10 Å². The zero-order valence-electron chi connectivity index (χ0n) is 52.4. The number of allylic oxidation sites excluding steroid dienone is 14. The number of carbonyl (C=O) groups excluding carboxylic acids is 3. The van der Waals surface area contributed by atoms with Crippen LogP contribution in [0.25, 0.3) is 0 Å². The van der Waals surface area contributed by atoms with Crippen molar-refractivity contribution in [2.24, 2.45) is 0 Å². The Labute approximate surface area is 490 Å². The lowest BCUT2D eigenvalue weighted by atomic mass is 10.0. The zero-order chi connectivity index (χ0) is 57.1. The van der Waals surface area contributed by atoms with Crippen LogP contribution in [-0.2, 0) is 28.6 Å². The van der Waals surface area contributed by atoms with Gasteiger partial charge in [-0.2, -0.15) is 0 Å². The van der Waals surface area contributed by atoms with E-state index in [-0.39, 0.29) is 31.1 Å². The third-order valence-corrected chi connectivity index (χ3v) is 14.9. The third-order valence-electron chi connectivity index (χ3n) is 14.9. The molecule has 1 atom stereocenters. The van der Waals surface area contributed by atoms with Gasteiger partial charge in [0.05, 0.1) is 0 Å². The Morgan fingerprint density at radius 2 is 0.519 bits per heavy atom. The number of rotatable bonds is 62. The first-order chi connectivity index (χ1) is 39.0. The van der Waals surface area contributed by atoms with Crippen molar-refractivity contribution in [1.82, 2.24) is 0 Å². The van der Waals surface area contributed by atoms with E-state index in [0.29, 0.717) is 19.3 Å². The molecule has 0 aliphatic heterocycles. The molecule has 1 unspecified atom stereocenters. The van der Waals surface area contributed by atoms with Gasteiger partial charge < -0.3 is 14.2 Å². The molecule has 6 heteroatoms. The SMILES string of the molecule is CC/C=C\C/C=C\C/C=C\C/C=C\C/C=C\C/C=C\CCCCCCCCC(=O)OC(COC(=O)CCCCCCC/C=C\CCC)COC(=O)CCCCCCCCCCCCCCCCCCCCCCCCCCCC. The van der Waals surface area contributed by atoms with Gasteiger partial charge in [0.1, 0.15) is 13.2 Å². The van der Waals surface area contributed by atoms with Crippen LogP contribution in [0.5, 0.6) is 0 Å². The van der Waals surface area contributed by atoms with Gasteiger partial charge in [0.15, 0.2) is 6.10 Å². The second-order valence-corrected chi connectivity index (χ2v) is 22.7. The normalized spacial score (nSPS) is 12.6. The number of unbranched alkanes of at least 4 members (excludes halogenated alkanes) is 37.